The van der Waals surface area contributed by atoms with Crippen LogP contribution in [-0.2, 0) is 11.3 Å². The number of hydrogen-bond acceptors (Lipinski definition) is 4. The molecule has 0 aliphatic carbocycles. The van der Waals surface area contributed by atoms with E-state index < -0.39 is 5.63 Å². The van der Waals surface area contributed by atoms with Crippen molar-refractivity contribution in [1.29, 1.82) is 0 Å². The van der Waals surface area contributed by atoms with Gasteiger partial charge in [-0.1, -0.05) is 66.7 Å². The summed E-state index contributed by atoms with van der Waals surface area (Å²) in [6.07, 6.45) is 4.90. The molecule has 2 heterocycles. The van der Waals surface area contributed by atoms with Crippen LogP contribution in [0, 0.1) is 0 Å². The lowest BCUT2D eigenvalue weighted by Crippen LogP contribution is -2.20. The molecule has 1 N–H and O–H groups in total. The predicted molar refractivity (Wildman–Crippen MR) is 132 cm³/mol. The van der Waals surface area contributed by atoms with Crippen LogP contribution in [0.3, 0.4) is 0 Å². The minimum Gasteiger partial charge on any atom is -0.422 e. The number of rotatable bonds is 6. The summed E-state index contributed by atoms with van der Waals surface area (Å²) in [5, 5.41) is 8.33. The minimum atomic E-state index is -0.486. The van der Waals surface area contributed by atoms with E-state index >= 15 is 0 Å². The van der Waals surface area contributed by atoms with Crippen molar-refractivity contribution in [3.8, 4) is 16.9 Å². The Morgan fingerprint density at radius 2 is 1.65 bits per heavy atom. The minimum absolute atomic E-state index is 0.243. The van der Waals surface area contributed by atoms with E-state index in [1.807, 2.05) is 78.9 Å². The molecule has 0 aliphatic heterocycles. The first-order valence-electron chi connectivity index (χ1n) is 10.9. The second-order valence-electron chi connectivity index (χ2n) is 7.74. The van der Waals surface area contributed by atoms with Gasteiger partial charge in [-0.2, -0.15) is 5.10 Å². The van der Waals surface area contributed by atoms with E-state index in [2.05, 4.69) is 10.4 Å². The molecule has 0 aliphatic rings. The fraction of sp³-hybridized carbons (Fsp3) is 0.0357. The molecule has 3 aromatic carbocycles. The van der Waals surface area contributed by atoms with Crippen LogP contribution in [0.2, 0.25) is 0 Å². The zero-order valence-electron chi connectivity index (χ0n) is 18.2. The Balaban J connectivity index is 1.50. The van der Waals surface area contributed by atoms with Crippen molar-refractivity contribution < 1.29 is 9.21 Å². The quantitative estimate of drug-likeness (QED) is 0.294. The normalized spacial score (nSPS) is 11.2. The first-order valence-corrected chi connectivity index (χ1v) is 10.9. The molecular weight excluding hydrogens is 426 g/mol. The number of para-hydroxylation sites is 2. The Kier molecular flexibility index (Phi) is 5.86. The van der Waals surface area contributed by atoms with E-state index in [1.54, 1.807) is 29.1 Å². The summed E-state index contributed by atoms with van der Waals surface area (Å²) >= 11 is 0. The second kappa shape index (κ2) is 9.42. The SMILES string of the molecule is O=C(C=Cc1cn(-c2ccccc2)nc1-c1cc2ccccc2oc1=O)NCc1ccccc1. The lowest BCUT2D eigenvalue weighted by molar-refractivity contribution is -0.116. The molecular formula is C28H21N3O3. The zero-order chi connectivity index (χ0) is 23.3. The van der Waals surface area contributed by atoms with Gasteiger partial charge in [-0.05, 0) is 35.9 Å². The molecule has 0 unspecified atom stereocenters. The Morgan fingerprint density at radius 3 is 2.44 bits per heavy atom. The van der Waals surface area contributed by atoms with Gasteiger partial charge in [0.15, 0.2) is 0 Å². The van der Waals surface area contributed by atoms with Gasteiger partial charge in [-0.25, -0.2) is 9.48 Å². The Labute approximate surface area is 195 Å². The van der Waals surface area contributed by atoms with Gasteiger partial charge in [0.1, 0.15) is 11.3 Å². The van der Waals surface area contributed by atoms with Crippen molar-refractivity contribution >= 4 is 23.0 Å². The summed E-state index contributed by atoms with van der Waals surface area (Å²) in [4.78, 5) is 25.3. The van der Waals surface area contributed by atoms with E-state index in [-0.39, 0.29) is 5.91 Å². The van der Waals surface area contributed by atoms with Crippen molar-refractivity contribution in [2.75, 3.05) is 0 Å². The monoisotopic (exact) mass is 447 g/mol. The summed E-state index contributed by atoms with van der Waals surface area (Å²) in [6, 6.07) is 28.4. The molecule has 6 nitrogen and oxygen atoms in total. The maximum Gasteiger partial charge on any atom is 0.345 e. The number of fused-ring (bicyclic) bond motifs is 1. The number of amides is 1. The Bertz CT molecular complexity index is 1530. The van der Waals surface area contributed by atoms with E-state index in [1.165, 1.54) is 6.08 Å². The average molecular weight is 447 g/mol. The highest BCUT2D eigenvalue weighted by atomic mass is 16.4. The lowest BCUT2D eigenvalue weighted by atomic mass is 10.1. The number of nitrogens with zero attached hydrogens (tertiary/aromatic N) is 2. The molecule has 2 aromatic heterocycles. The molecule has 0 atom stereocenters. The highest BCUT2D eigenvalue weighted by Crippen LogP contribution is 2.25. The number of carbonyl (C=O) groups excluding carboxylic acids is 1. The van der Waals surface area contributed by atoms with Crippen LogP contribution in [0.25, 0.3) is 34.0 Å². The molecule has 0 spiro atoms. The maximum atomic E-state index is 12.8. The third kappa shape index (κ3) is 4.56. The highest BCUT2D eigenvalue weighted by molar-refractivity contribution is 5.93. The molecule has 166 valence electrons. The van der Waals surface area contributed by atoms with Crippen LogP contribution in [0.5, 0.6) is 0 Å². The molecule has 34 heavy (non-hydrogen) atoms. The molecule has 0 radical (unpaired) electrons. The largest absolute Gasteiger partial charge is 0.422 e. The number of carbonyl (C=O) groups is 1. The Morgan fingerprint density at radius 1 is 0.941 bits per heavy atom. The average Bonchev–Trinajstić information content (AvgIpc) is 3.31. The standard InChI is InChI=1S/C28H21N3O3/c32-26(29-18-20-9-3-1-4-10-20)16-15-22-19-31(23-12-5-2-6-13-23)30-27(22)24-17-21-11-7-8-14-25(21)34-28(24)33/h1-17,19H,18H2,(H,29,32). The summed E-state index contributed by atoms with van der Waals surface area (Å²) < 4.78 is 7.21. The van der Waals surface area contributed by atoms with Gasteiger partial charge in [-0.3, -0.25) is 4.79 Å². The van der Waals surface area contributed by atoms with Crippen LogP contribution in [0.15, 0.2) is 112 Å². The van der Waals surface area contributed by atoms with E-state index in [9.17, 15) is 9.59 Å². The van der Waals surface area contributed by atoms with Crippen molar-refractivity contribution in [1.82, 2.24) is 15.1 Å². The molecule has 5 aromatic rings. The molecule has 0 fully saturated rings. The zero-order valence-corrected chi connectivity index (χ0v) is 18.2. The molecule has 6 heteroatoms. The smallest absolute Gasteiger partial charge is 0.345 e. The fourth-order valence-electron chi connectivity index (χ4n) is 3.67. The third-order valence-electron chi connectivity index (χ3n) is 5.38. The van der Waals surface area contributed by atoms with E-state index in [4.69, 9.17) is 4.42 Å². The molecule has 1 amide bonds. The topological polar surface area (TPSA) is 77.1 Å². The van der Waals surface area contributed by atoms with Gasteiger partial charge in [0.2, 0.25) is 5.91 Å². The lowest BCUT2D eigenvalue weighted by Gasteiger charge is -2.02. The van der Waals surface area contributed by atoms with Crippen molar-refractivity contribution in [3.05, 3.63) is 125 Å². The fourth-order valence-corrected chi connectivity index (χ4v) is 3.67. The van der Waals surface area contributed by atoms with E-state index in [0.717, 1.165) is 16.6 Å². The first kappa shape index (κ1) is 21.2. The van der Waals surface area contributed by atoms with Crippen LogP contribution < -0.4 is 10.9 Å². The third-order valence-corrected chi connectivity index (χ3v) is 5.38. The first-order chi connectivity index (χ1) is 16.7. The van der Waals surface area contributed by atoms with Gasteiger partial charge in [0, 0.05) is 29.8 Å². The summed E-state index contributed by atoms with van der Waals surface area (Å²) in [5.74, 6) is -0.243. The number of benzene rings is 3. The van der Waals surface area contributed by atoms with E-state index in [0.29, 0.717) is 28.9 Å². The molecule has 0 saturated heterocycles. The van der Waals surface area contributed by atoms with Gasteiger partial charge >= 0.3 is 5.63 Å². The predicted octanol–water partition coefficient (Wildman–Crippen LogP) is 4.98. The molecule has 0 saturated carbocycles. The van der Waals surface area contributed by atoms with Gasteiger partial charge in [-0.15, -0.1) is 0 Å². The van der Waals surface area contributed by atoms with Crippen LogP contribution in [-0.4, -0.2) is 15.7 Å². The number of hydrogen-bond donors (Lipinski definition) is 1. The summed E-state index contributed by atoms with van der Waals surface area (Å²) in [6.45, 7) is 0.425. The highest BCUT2D eigenvalue weighted by Gasteiger charge is 2.16. The maximum absolute atomic E-state index is 12.8. The number of aromatic nitrogens is 2. The van der Waals surface area contributed by atoms with Crippen molar-refractivity contribution in [3.63, 3.8) is 0 Å². The van der Waals surface area contributed by atoms with Gasteiger partial charge < -0.3 is 9.73 Å². The van der Waals surface area contributed by atoms with Crippen molar-refractivity contribution in [2.24, 2.45) is 0 Å². The Hall–Kier alpha value is -4.71. The van der Waals surface area contributed by atoms with Crippen molar-refractivity contribution in [2.45, 2.75) is 6.54 Å². The van der Waals surface area contributed by atoms with Crippen LogP contribution in [0.4, 0.5) is 0 Å². The number of nitrogens with one attached hydrogen (secondary N) is 1. The molecule has 5 rings (SSSR count). The molecule has 0 bridgehead atoms. The van der Waals surface area contributed by atoms with Gasteiger partial charge in [0.25, 0.3) is 0 Å². The summed E-state index contributed by atoms with van der Waals surface area (Å²) in [7, 11) is 0. The van der Waals surface area contributed by atoms with Gasteiger partial charge in [0.05, 0.1) is 11.3 Å². The van der Waals surface area contributed by atoms with Crippen LogP contribution in [0.1, 0.15) is 11.1 Å². The summed E-state index contributed by atoms with van der Waals surface area (Å²) in [5.41, 5.74) is 3.27. The second-order valence-corrected chi connectivity index (χ2v) is 7.74. The van der Waals surface area contributed by atoms with Crippen LogP contribution >= 0.6 is 0 Å².